The van der Waals surface area contributed by atoms with Gasteiger partial charge in [0.15, 0.2) is 17.3 Å². The van der Waals surface area contributed by atoms with Crippen molar-refractivity contribution < 1.29 is 13.8 Å². The minimum atomic E-state index is -0.498. The van der Waals surface area contributed by atoms with Gasteiger partial charge in [-0.15, -0.1) is 0 Å². The highest BCUT2D eigenvalue weighted by atomic mass is 35.5. The standard InChI is InChI=1S/C22H13ClN4O4/c23-17-12-14(27(28)29)6-8-16(17)18-9-7-15(31-18)13-24-22-21(19-4-3-11-30-19)25-20-5-1-2-10-26(20)22/h1-13H/b24-13+. The molecule has 0 atom stereocenters. The Kier molecular flexibility index (Phi) is 4.61. The maximum atomic E-state index is 10.9. The van der Waals surface area contributed by atoms with Crippen LogP contribution >= 0.6 is 11.6 Å². The summed E-state index contributed by atoms with van der Waals surface area (Å²) < 4.78 is 13.2. The minimum absolute atomic E-state index is 0.0832. The van der Waals surface area contributed by atoms with E-state index in [4.69, 9.17) is 20.4 Å². The van der Waals surface area contributed by atoms with Crippen molar-refractivity contribution in [2.24, 2.45) is 4.99 Å². The number of pyridine rings is 1. The van der Waals surface area contributed by atoms with Gasteiger partial charge in [0.2, 0.25) is 0 Å². The molecule has 4 aromatic heterocycles. The molecule has 0 aliphatic rings. The highest BCUT2D eigenvalue weighted by Gasteiger charge is 2.16. The molecule has 0 radical (unpaired) electrons. The van der Waals surface area contributed by atoms with E-state index in [2.05, 4.69) is 9.98 Å². The van der Waals surface area contributed by atoms with Crippen LogP contribution in [0.3, 0.4) is 0 Å². The quantitative estimate of drug-likeness (QED) is 0.188. The van der Waals surface area contributed by atoms with E-state index < -0.39 is 4.92 Å². The van der Waals surface area contributed by atoms with Crippen LogP contribution in [-0.4, -0.2) is 20.5 Å². The molecule has 4 heterocycles. The van der Waals surface area contributed by atoms with Crippen molar-refractivity contribution in [3.63, 3.8) is 0 Å². The molecule has 0 fully saturated rings. The molecular weight excluding hydrogens is 420 g/mol. The number of fused-ring (bicyclic) bond motifs is 1. The third-order valence-corrected chi connectivity index (χ3v) is 4.94. The first-order valence-corrected chi connectivity index (χ1v) is 9.57. The first-order valence-electron chi connectivity index (χ1n) is 9.19. The molecule has 5 aromatic rings. The molecule has 8 nitrogen and oxygen atoms in total. The number of nitro benzene ring substituents is 1. The van der Waals surface area contributed by atoms with Crippen molar-refractivity contribution in [1.82, 2.24) is 9.38 Å². The van der Waals surface area contributed by atoms with Gasteiger partial charge >= 0.3 is 0 Å². The van der Waals surface area contributed by atoms with Crippen molar-refractivity contribution in [2.45, 2.75) is 0 Å². The zero-order chi connectivity index (χ0) is 21.4. The van der Waals surface area contributed by atoms with E-state index >= 15 is 0 Å². The summed E-state index contributed by atoms with van der Waals surface area (Å²) in [5.41, 5.74) is 1.81. The van der Waals surface area contributed by atoms with E-state index in [-0.39, 0.29) is 10.7 Å². The SMILES string of the molecule is O=[N+]([O-])c1ccc(-c2ccc(/C=N/c3c(-c4ccco4)nc4ccccn34)o2)c(Cl)c1. The number of hydrogen-bond donors (Lipinski definition) is 0. The van der Waals surface area contributed by atoms with E-state index in [1.807, 2.05) is 34.9 Å². The Morgan fingerprint density at radius 2 is 2.00 bits per heavy atom. The normalized spacial score (nSPS) is 11.5. The highest BCUT2D eigenvalue weighted by molar-refractivity contribution is 6.33. The number of non-ortho nitro benzene ring substituents is 1. The molecule has 0 aliphatic heterocycles. The number of rotatable bonds is 5. The number of nitrogens with zero attached hydrogens (tertiary/aromatic N) is 4. The molecule has 9 heteroatoms. The monoisotopic (exact) mass is 432 g/mol. The average Bonchev–Trinajstić information content (AvgIpc) is 3.51. The number of halogens is 1. The molecule has 0 amide bonds. The van der Waals surface area contributed by atoms with Crippen molar-refractivity contribution in [2.75, 3.05) is 0 Å². The Morgan fingerprint density at radius 3 is 2.77 bits per heavy atom. The largest absolute Gasteiger partial charge is 0.463 e. The van der Waals surface area contributed by atoms with E-state index in [0.717, 1.165) is 5.65 Å². The Hall–Kier alpha value is -4.17. The molecule has 152 valence electrons. The summed E-state index contributed by atoms with van der Waals surface area (Å²) in [5.74, 6) is 2.16. The lowest BCUT2D eigenvalue weighted by Crippen LogP contribution is -1.88. The Balaban J connectivity index is 1.50. The lowest BCUT2D eigenvalue weighted by atomic mass is 10.1. The van der Waals surface area contributed by atoms with Crippen molar-refractivity contribution >= 4 is 35.0 Å². The summed E-state index contributed by atoms with van der Waals surface area (Å²) in [6.45, 7) is 0. The van der Waals surface area contributed by atoms with Crippen LogP contribution < -0.4 is 0 Å². The average molecular weight is 433 g/mol. The molecule has 0 unspecified atom stereocenters. The van der Waals surface area contributed by atoms with Crippen LogP contribution in [0.1, 0.15) is 5.76 Å². The Labute approximate surface area is 180 Å². The summed E-state index contributed by atoms with van der Waals surface area (Å²) in [7, 11) is 0. The zero-order valence-corrected chi connectivity index (χ0v) is 16.6. The van der Waals surface area contributed by atoms with Crippen LogP contribution in [0.4, 0.5) is 11.5 Å². The maximum Gasteiger partial charge on any atom is 0.270 e. The van der Waals surface area contributed by atoms with Crippen LogP contribution in [0.15, 0.2) is 87.0 Å². The molecule has 5 rings (SSSR count). The van der Waals surface area contributed by atoms with Gasteiger partial charge in [0.05, 0.1) is 22.4 Å². The summed E-state index contributed by atoms with van der Waals surface area (Å²) in [5, 5.41) is 11.1. The van der Waals surface area contributed by atoms with E-state index in [0.29, 0.717) is 34.4 Å². The van der Waals surface area contributed by atoms with Gasteiger partial charge in [-0.1, -0.05) is 17.7 Å². The number of aliphatic imine (C=N–C) groups is 1. The van der Waals surface area contributed by atoms with Gasteiger partial charge in [-0.05, 0) is 42.5 Å². The summed E-state index contributed by atoms with van der Waals surface area (Å²) in [6.07, 6.45) is 5.02. The molecule has 0 saturated heterocycles. The molecule has 0 aliphatic carbocycles. The van der Waals surface area contributed by atoms with Gasteiger partial charge < -0.3 is 8.83 Å². The smallest absolute Gasteiger partial charge is 0.270 e. The first kappa shape index (κ1) is 18.8. The van der Waals surface area contributed by atoms with Crippen LogP contribution in [0.25, 0.3) is 28.4 Å². The third kappa shape index (κ3) is 3.49. The highest BCUT2D eigenvalue weighted by Crippen LogP contribution is 2.33. The summed E-state index contributed by atoms with van der Waals surface area (Å²) in [4.78, 5) is 19.6. The lowest BCUT2D eigenvalue weighted by Gasteiger charge is -2.00. The van der Waals surface area contributed by atoms with Crippen LogP contribution in [0.2, 0.25) is 5.02 Å². The van der Waals surface area contributed by atoms with Gasteiger partial charge in [0.1, 0.15) is 17.2 Å². The van der Waals surface area contributed by atoms with Crippen LogP contribution in [0, 0.1) is 10.1 Å². The van der Waals surface area contributed by atoms with Gasteiger partial charge in [0.25, 0.3) is 5.69 Å². The second kappa shape index (κ2) is 7.58. The molecule has 0 bridgehead atoms. The summed E-state index contributed by atoms with van der Waals surface area (Å²) in [6, 6.07) is 17.0. The van der Waals surface area contributed by atoms with E-state index in [9.17, 15) is 10.1 Å². The number of hydrogen-bond acceptors (Lipinski definition) is 6. The van der Waals surface area contributed by atoms with Gasteiger partial charge in [-0.3, -0.25) is 14.5 Å². The topological polar surface area (TPSA) is 99.1 Å². The minimum Gasteiger partial charge on any atom is -0.463 e. The maximum absolute atomic E-state index is 10.9. The fourth-order valence-corrected chi connectivity index (χ4v) is 3.46. The van der Waals surface area contributed by atoms with E-state index in [1.165, 1.54) is 12.1 Å². The Morgan fingerprint density at radius 1 is 1.10 bits per heavy atom. The second-order valence-electron chi connectivity index (χ2n) is 6.57. The number of aromatic nitrogens is 2. The summed E-state index contributed by atoms with van der Waals surface area (Å²) >= 11 is 6.20. The Bertz CT molecular complexity index is 1430. The second-order valence-corrected chi connectivity index (χ2v) is 6.98. The van der Waals surface area contributed by atoms with Crippen molar-refractivity contribution in [3.05, 3.63) is 94.0 Å². The zero-order valence-electron chi connectivity index (χ0n) is 15.8. The predicted octanol–water partition coefficient (Wildman–Crippen LogP) is 6.17. The molecular formula is C22H13ClN4O4. The van der Waals surface area contributed by atoms with Gasteiger partial charge in [-0.25, -0.2) is 9.98 Å². The predicted molar refractivity (Wildman–Crippen MR) is 116 cm³/mol. The van der Waals surface area contributed by atoms with Crippen LogP contribution in [0.5, 0.6) is 0 Å². The number of nitro groups is 1. The first-order chi connectivity index (χ1) is 15.1. The number of benzene rings is 1. The third-order valence-electron chi connectivity index (χ3n) is 4.63. The molecule has 0 N–H and O–H groups in total. The molecule has 1 aromatic carbocycles. The van der Waals surface area contributed by atoms with E-state index in [1.54, 1.807) is 36.7 Å². The molecule has 31 heavy (non-hydrogen) atoms. The van der Waals surface area contributed by atoms with Gasteiger partial charge in [-0.2, -0.15) is 0 Å². The van der Waals surface area contributed by atoms with Crippen molar-refractivity contribution in [3.8, 4) is 22.8 Å². The number of imidazole rings is 1. The fraction of sp³-hybridized carbons (Fsp3) is 0. The molecule has 0 saturated carbocycles. The molecule has 0 spiro atoms. The lowest BCUT2D eigenvalue weighted by molar-refractivity contribution is -0.384. The number of furan rings is 2. The van der Waals surface area contributed by atoms with Crippen LogP contribution in [-0.2, 0) is 0 Å². The van der Waals surface area contributed by atoms with Crippen molar-refractivity contribution in [1.29, 1.82) is 0 Å². The van der Waals surface area contributed by atoms with Gasteiger partial charge in [0, 0.05) is 23.9 Å². The fourth-order valence-electron chi connectivity index (χ4n) is 3.19.